The number of rotatable bonds is 6. The zero-order valence-corrected chi connectivity index (χ0v) is 12.9. The molecule has 1 rings (SSSR count). The summed E-state index contributed by atoms with van der Waals surface area (Å²) in [5.74, 6) is 0.348. The molecule has 0 radical (unpaired) electrons. The van der Waals surface area contributed by atoms with E-state index in [-0.39, 0.29) is 5.82 Å². The van der Waals surface area contributed by atoms with Crippen LogP contribution in [0.5, 0.6) is 0 Å². The minimum atomic E-state index is -0.205. The summed E-state index contributed by atoms with van der Waals surface area (Å²) in [6.45, 7) is 8.40. The summed E-state index contributed by atoms with van der Waals surface area (Å²) in [7, 11) is 0. The molecule has 0 aliphatic carbocycles. The quantitative estimate of drug-likeness (QED) is 0.862. The molecule has 2 N–H and O–H groups in total. The van der Waals surface area contributed by atoms with Crippen molar-refractivity contribution in [1.82, 2.24) is 0 Å². The van der Waals surface area contributed by atoms with E-state index in [4.69, 9.17) is 5.73 Å². The lowest BCUT2D eigenvalue weighted by Crippen LogP contribution is -2.29. The summed E-state index contributed by atoms with van der Waals surface area (Å²) < 4.78 is 14.8. The van der Waals surface area contributed by atoms with Crippen molar-refractivity contribution in [2.75, 3.05) is 18.0 Å². The van der Waals surface area contributed by atoms with Crippen molar-refractivity contribution >= 4 is 21.6 Å². The number of nitrogens with zero attached hydrogens (tertiary/aromatic N) is 1. The molecule has 0 bridgehead atoms. The molecule has 0 spiro atoms. The highest BCUT2D eigenvalue weighted by molar-refractivity contribution is 9.10. The molecule has 4 heteroatoms. The second-order valence-electron chi connectivity index (χ2n) is 4.63. The number of nitrogens with two attached hydrogens (primary N) is 1. The van der Waals surface area contributed by atoms with Crippen molar-refractivity contribution in [3.05, 3.63) is 28.0 Å². The summed E-state index contributed by atoms with van der Waals surface area (Å²) in [4.78, 5) is 2.08. The van der Waals surface area contributed by atoms with Gasteiger partial charge in [-0.15, -0.1) is 0 Å². The van der Waals surface area contributed by atoms with E-state index in [1.54, 1.807) is 0 Å². The standard InChI is InChI=1S/C14H22BrFN2/c1-4-10(3)9-18(5-2)12-7-6-11(8-17)13(15)14(12)16/h6-7,10H,4-5,8-9,17H2,1-3H3. The molecular formula is C14H22BrFN2. The van der Waals surface area contributed by atoms with Crippen LogP contribution in [-0.2, 0) is 6.54 Å². The molecule has 0 fully saturated rings. The number of hydrogen-bond acceptors (Lipinski definition) is 2. The van der Waals surface area contributed by atoms with E-state index in [0.29, 0.717) is 22.6 Å². The highest BCUT2D eigenvalue weighted by Crippen LogP contribution is 2.29. The van der Waals surface area contributed by atoms with Crippen molar-refractivity contribution < 1.29 is 4.39 Å². The van der Waals surface area contributed by atoms with Crippen LogP contribution in [0.15, 0.2) is 16.6 Å². The van der Waals surface area contributed by atoms with Crippen LogP contribution in [0, 0.1) is 11.7 Å². The minimum absolute atomic E-state index is 0.205. The van der Waals surface area contributed by atoms with Gasteiger partial charge in [0.15, 0.2) is 5.82 Å². The van der Waals surface area contributed by atoms with Gasteiger partial charge in [0.25, 0.3) is 0 Å². The van der Waals surface area contributed by atoms with Gasteiger partial charge in [-0.1, -0.05) is 26.3 Å². The number of benzene rings is 1. The van der Waals surface area contributed by atoms with Crippen LogP contribution in [0.2, 0.25) is 0 Å². The van der Waals surface area contributed by atoms with Crippen molar-refractivity contribution in [2.45, 2.75) is 33.7 Å². The molecule has 0 aliphatic rings. The van der Waals surface area contributed by atoms with Gasteiger partial charge in [-0.05, 0) is 40.4 Å². The molecule has 18 heavy (non-hydrogen) atoms. The van der Waals surface area contributed by atoms with Crippen LogP contribution < -0.4 is 10.6 Å². The lowest BCUT2D eigenvalue weighted by atomic mass is 10.1. The number of halogens is 2. The van der Waals surface area contributed by atoms with Crippen LogP contribution in [0.3, 0.4) is 0 Å². The average Bonchev–Trinajstić information content (AvgIpc) is 2.39. The Balaban J connectivity index is 3.03. The van der Waals surface area contributed by atoms with Crippen LogP contribution in [0.1, 0.15) is 32.8 Å². The molecule has 0 heterocycles. The summed E-state index contributed by atoms with van der Waals surface area (Å²) in [6.07, 6.45) is 1.10. The van der Waals surface area contributed by atoms with Gasteiger partial charge in [0.1, 0.15) is 0 Å². The van der Waals surface area contributed by atoms with Crippen molar-refractivity contribution in [3.8, 4) is 0 Å². The first kappa shape index (κ1) is 15.4. The third-order valence-corrected chi connectivity index (χ3v) is 4.17. The van der Waals surface area contributed by atoms with E-state index in [2.05, 4.69) is 34.7 Å². The molecule has 1 unspecified atom stereocenters. The molecule has 102 valence electrons. The topological polar surface area (TPSA) is 29.3 Å². The second kappa shape index (κ2) is 7.10. The highest BCUT2D eigenvalue weighted by Gasteiger charge is 2.16. The molecule has 0 amide bonds. The van der Waals surface area contributed by atoms with E-state index in [1.165, 1.54) is 0 Å². The Kier molecular flexibility index (Phi) is 6.09. The maximum Gasteiger partial charge on any atom is 0.160 e. The van der Waals surface area contributed by atoms with E-state index >= 15 is 0 Å². The predicted molar refractivity (Wildman–Crippen MR) is 79.3 cm³/mol. The van der Waals surface area contributed by atoms with Crippen LogP contribution >= 0.6 is 15.9 Å². The summed E-state index contributed by atoms with van der Waals surface area (Å²) in [5, 5.41) is 0. The normalized spacial score (nSPS) is 12.6. The Morgan fingerprint density at radius 3 is 2.56 bits per heavy atom. The molecular weight excluding hydrogens is 295 g/mol. The smallest absolute Gasteiger partial charge is 0.160 e. The monoisotopic (exact) mass is 316 g/mol. The van der Waals surface area contributed by atoms with Crippen LogP contribution in [0.25, 0.3) is 0 Å². The molecule has 2 nitrogen and oxygen atoms in total. The van der Waals surface area contributed by atoms with Crippen LogP contribution in [-0.4, -0.2) is 13.1 Å². The first-order valence-electron chi connectivity index (χ1n) is 6.46. The summed E-state index contributed by atoms with van der Waals surface area (Å²) >= 11 is 3.29. The first-order valence-corrected chi connectivity index (χ1v) is 7.26. The third kappa shape index (κ3) is 3.45. The third-order valence-electron chi connectivity index (χ3n) is 3.31. The Bertz CT molecular complexity index is 396. The molecule has 1 atom stereocenters. The van der Waals surface area contributed by atoms with Crippen molar-refractivity contribution in [3.63, 3.8) is 0 Å². The lowest BCUT2D eigenvalue weighted by molar-refractivity contribution is 0.536. The first-order chi connectivity index (χ1) is 8.54. The highest BCUT2D eigenvalue weighted by atomic mass is 79.9. The van der Waals surface area contributed by atoms with Gasteiger partial charge in [0.2, 0.25) is 0 Å². The van der Waals surface area contributed by atoms with Gasteiger partial charge in [0.05, 0.1) is 10.2 Å². The maximum absolute atomic E-state index is 14.3. The van der Waals surface area contributed by atoms with E-state index in [9.17, 15) is 4.39 Å². The van der Waals surface area contributed by atoms with Crippen molar-refractivity contribution in [2.24, 2.45) is 11.7 Å². The largest absolute Gasteiger partial charge is 0.369 e. The zero-order valence-electron chi connectivity index (χ0n) is 11.3. The molecule has 0 saturated carbocycles. The summed E-state index contributed by atoms with van der Waals surface area (Å²) in [6, 6.07) is 3.72. The van der Waals surface area contributed by atoms with Gasteiger partial charge in [0, 0.05) is 19.6 Å². The Morgan fingerprint density at radius 1 is 1.39 bits per heavy atom. The predicted octanol–water partition coefficient (Wildman–Crippen LogP) is 3.92. The molecule has 0 aliphatic heterocycles. The van der Waals surface area contributed by atoms with E-state index in [0.717, 1.165) is 25.1 Å². The van der Waals surface area contributed by atoms with Gasteiger partial charge in [-0.25, -0.2) is 4.39 Å². The van der Waals surface area contributed by atoms with Gasteiger partial charge in [-0.3, -0.25) is 0 Å². The Hall–Kier alpha value is -0.610. The second-order valence-corrected chi connectivity index (χ2v) is 5.42. The number of hydrogen-bond donors (Lipinski definition) is 1. The summed E-state index contributed by atoms with van der Waals surface area (Å²) in [5.41, 5.74) is 7.03. The fraction of sp³-hybridized carbons (Fsp3) is 0.571. The Labute approximate surface area is 117 Å². The number of anilines is 1. The average molecular weight is 317 g/mol. The molecule has 1 aromatic carbocycles. The van der Waals surface area contributed by atoms with E-state index < -0.39 is 0 Å². The lowest BCUT2D eigenvalue weighted by Gasteiger charge is -2.27. The molecule has 1 aromatic rings. The van der Waals surface area contributed by atoms with Gasteiger partial charge in [-0.2, -0.15) is 0 Å². The minimum Gasteiger partial charge on any atom is -0.369 e. The van der Waals surface area contributed by atoms with Gasteiger partial charge >= 0.3 is 0 Å². The van der Waals surface area contributed by atoms with Crippen LogP contribution in [0.4, 0.5) is 10.1 Å². The van der Waals surface area contributed by atoms with Gasteiger partial charge < -0.3 is 10.6 Å². The molecule has 0 saturated heterocycles. The van der Waals surface area contributed by atoms with E-state index in [1.807, 2.05) is 19.1 Å². The Morgan fingerprint density at radius 2 is 2.06 bits per heavy atom. The maximum atomic E-state index is 14.3. The van der Waals surface area contributed by atoms with Crippen molar-refractivity contribution in [1.29, 1.82) is 0 Å². The fourth-order valence-electron chi connectivity index (χ4n) is 1.88. The fourth-order valence-corrected chi connectivity index (χ4v) is 2.38. The zero-order chi connectivity index (χ0) is 13.7. The molecule has 0 aromatic heterocycles. The SMILES string of the molecule is CCC(C)CN(CC)c1ccc(CN)c(Br)c1F.